The van der Waals surface area contributed by atoms with Crippen molar-refractivity contribution in [2.75, 3.05) is 10.6 Å². The summed E-state index contributed by atoms with van der Waals surface area (Å²) in [6.45, 7) is 18.5. The molecule has 0 aliphatic rings. The average molecular weight is 769 g/mol. The molecule has 58 heavy (non-hydrogen) atoms. The predicted molar refractivity (Wildman–Crippen MR) is 255 cm³/mol. The number of hydrogen-bond acceptors (Lipinski definition) is 2. The Labute approximate surface area is 351 Å². The maximum Gasteiger partial charge on any atom is 0.0543 e. The van der Waals surface area contributed by atoms with Gasteiger partial charge in [0.2, 0.25) is 0 Å². The van der Waals surface area contributed by atoms with E-state index >= 15 is 0 Å². The van der Waals surface area contributed by atoms with Crippen LogP contribution in [-0.4, -0.2) is 0 Å². The van der Waals surface area contributed by atoms with E-state index in [1.54, 1.807) is 0 Å². The molecule has 6 rings (SSSR count). The summed E-state index contributed by atoms with van der Waals surface area (Å²) in [5, 5.41) is 8.19. The Hall–Kier alpha value is -5.08. The lowest BCUT2D eigenvalue weighted by Crippen LogP contribution is -2.13. The summed E-state index contributed by atoms with van der Waals surface area (Å²) in [7, 11) is 0. The highest BCUT2D eigenvalue weighted by molar-refractivity contribution is 5.94. The summed E-state index contributed by atoms with van der Waals surface area (Å²) in [6.07, 6.45) is 12.1. The normalized spacial score (nSPS) is 11.8. The Morgan fingerprint density at radius 1 is 0.379 bits per heavy atom. The van der Waals surface area contributed by atoms with Gasteiger partial charge in [0.05, 0.1) is 5.69 Å². The van der Waals surface area contributed by atoms with E-state index in [4.69, 9.17) is 0 Å². The first-order chi connectivity index (χ1) is 27.9. The number of rotatable bonds is 17. The smallest absolute Gasteiger partial charge is 0.0543 e. The lowest BCUT2D eigenvalue weighted by Gasteiger charge is -2.27. The molecule has 0 amide bonds. The van der Waals surface area contributed by atoms with E-state index in [1.807, 2.05) is 0 Å². The molecule has 0 fully saturated rings. The summed E-state index contributed by atoms with van der Waals surface area (Å²) in [4.78, 5) is 0. The van der Waals surface area contributed by atoms with Gasteiger partial charge in [-0.05, 0) is 123 Å². The van der Waals surface area contributed by atoms with Gasteiger partial charge >= 0.3 is 0 Å². The minimum absolute atomic E-state index is 0.0205. The highest BCUT2D eigenvalue weighted by Gasteiger charge is 2.23. The molecule has 2 heteroatoms. The van der Waals surface area contributed by atoms with Gasteiger partial charge < -0.3 is 10.6 Å². The van der Waals surface area contributed by atoms with Crippen molar-refractivity contribution in [2.45, 2.75) is 130 Å². The molecular weight excluding hydrogens is 701 g/mol. The molecule has 6 aromatic rings. The average Bonchev–Trinajstić information content (AvgIpc) is 3.22. The maximum absolute atomic E-state index is 4.12. The highest BCUT2D eigenvalue weighted by atomic mass is 14.9. The Morgan fingerprint density at radius 2 is 0.776 bits per heavy atom. The van der Waals surface area contributed by atoms with Crippen molar-refractivity contribution in [3.05, 3.63) is 156 Å². The molecule has 302 valence electrons. The molecule has 0 radical (unpaired) electrons. The number of nitrogens with one attached hydrogen (secondary N) is 2. The monoisotopic (exact) mass is 769 g/mol. The van der Waals surface area contributed by atoms with Crippen LogP contribution in [0.4, 0.5) is 22.7 Å². The topological polar surface area (TPSA) is 24.1 Å². The van der Waals surface area contributed by atoms with Gasteiger partial charge in [-0.2, -0.15) is 0 Å². The molecule has 0 aromatic heterocycles. The predicted octanol–water partition coefficient (Wildman–Crippen LogP) is 17.0. The van der Waals surface area contributed by atoms with Gasteiger partial charge in [0.25, 0.3) is 0 Å². The summed E-state index contributed by atoms with van der Waals surface area (Å²) in [5.41, 5.74) is 17.5. The Balaban J connectivity index is 1.51. The SMILES string of the molecule is CCCCCCc1cc(-c2ccccc2)cc(CCCCCC)c1Nc1cc(Nc2c(-c3ccccc3)cc(C(C)(C)C)cc2-c2ccccc2)cc(C(C)(C)C)c1. The fourth-order valence-corrected chi connectivity index (χ4v) is 8.00. The van der Waals surface area contributed by atoms with Crippen LogP contribution in [0.3, 0.4) is 0 Å². The van der Waals surface area contributed by atoms with Gasteiger partial charge in [0, 0.05) is 28.2 Å². The van der Waals surface area contributed by atoms with E-state index in [0.29, 0.717) is 0 Å². The van der Waals surface area contributed by atoms with Crippen LogP contribution in [0.25, 0.3) is 33.4 Å². The lowest BCUT2D eigenvalue weighted by molar-refractivity contribution is 0.590. The van der Waals surface area contributed by atoms with Crippen LogP contribution in [0.5, 0.6) is 0 Å². The Kier molecular flexibility index (Phi) is 14.4. The van der Waals surface area contributed by atoms with Crippen LogP contribution < -0.4 is 10.6 Å². The van der Waals surface area contributed by atoms with Crippen LogP contribution >= 0.6 is 0 Å². The maximum atomic E-state index is 4.12. The van der Waals surface area contributed by atoms with Crippen molar-refractivity contribution < 1.29 is 0 Å². The molecule has 0 heterocycles. The number of benzene rings is 6. The molecule has 0 atom stereocenters. The fraction of sp³-hybridized carbons (Fsp3) is 0.357. The van der Waals surface area contributed by atoms with Crippen molar-refractivity contribution in [2.24, 2.45) is 0 Å². The minimum atomic E-state index is -0.0577. The standard InChI is InChI=1S/C56H68N2/c1-9-11-13-18-32-44-34-46(41-26-20-15-21-27-41)35-45(33-19-14-12-10-2)53(44)57-49-36-47(55(3,4)5)37-50(40-49)58-54-51(42-28-22-16-23-29-42)38-48(56(6,7)8)39-52(54)43-30-24-17-25-31-43/h15-17,20-31,34-40,57-58H,9-14,18-19,32-33H2,1-8H3. The van der Waals surface area contributed by atoms with Crippen molar-refractivity contribution in [1.29, 1.82) is 0 Å². The van der Waals surface area contributed by atoms with Crippen LogP contribution in [0.15, 0.2) is 133 Å². The summed E-state index contributed by atoms with van der Waals surface area (Å²) in [6, 6.07) is 49.6. The zero-order valence-electron chi connectivity index (χ0n) is 36.8. The second-order valence-electron chi connectivity index (χ2n) is 18.4. The van der Waals surface area contributed by atoms with E-state index < -0.39 is 0 Å². The fourth-order valence-electron chi connectivity index (χ4n) is 8.00. The number of unbranched alkanes of at least 4 members (excludes halogenated alkanes) is 6. The zero-order chi connectivity index (χ0) is 41.1. The van der Waals surface area contributed by atoms with E-state index in [-0.39, 0.29) is 10.8 Å². The van der Waals surface area contributed by atoms with Gasteiger partial charge in [-0.25, -0.2) is 0 Å². The molecular formula is C56H68N2. The molecule has 2 nitrogen and oxygen atoms in total. The molecule has 0 unspecified atom stereocenters. The van der Waals surface area contributed by atoms with Crippen molar-refractivity contribution >= 4 is 22.7 Å². The van der Waals surface area contributed by atoms with Gasteiger partial charge in [0.1, 0.15) is 0 Å². The molecule has 0 bridgehead atoms. The van der Waals surface area contributed by atoms with E-state index in [1.165, 1.54) is 113 Å². The first-order valence-corrected chi connectivity index (χ1v) is 22.1. The summed E-state index contributed by atoms with van der Waals surface area (Å²) < 4.78 is 0. The molecule has 0 aliphatic carbocycles. The van der Waals surface area contributed by atoms with Crippen molar-refractivity contribution in [1.82, 2.24) is 0 Å². The quantitative estimate of drug-likeness (QED) is 0.0903. The first kappa shape index (κ1) is 42.5. The lowest BCUT2D eigenvalue weighted by atomic mass is 9.82. The summed E-state index contributed by atoms with van der Waals surface area (Å²) in [5.74, 6) is 0. The molecule has 2 N–H and O–H groups in total. The zero-order valence-corrected chi connectivity index (χ0v) is 36.8. The number of hydrogen-bond donors (Lipinski definition) is 2. The van der Waals surface area contributed by atoms with Gasteiger partial charge in [-0.15, -0.1) is 0 Å². The van der Waals surface area contributed by atoms with Crippen LogP contribution in [0, 0.1) is 0 Å². The van der Waals surface area contributed by atoms with E-state index in [2.05, 4.69) is 199 Å². The Morgan fingerprint density at radius 3 is 1.19 bits per heavy atom. The third-order valence-corrected chi connectivity index (χ3v) is 11.5. The van der Waals surface area contributed by atoms with Crippen LogP contribution in [0.1, 0.15) is 129 Å². The summed E-state index contributed by atoms with van der Waals surface area (Å²) >= 11 is 0. The molecule has 0 aliphatic heterocycles. The molecule has 0 spiro atoms. The van der Waals surface area contributed by atoms with Crippen LogP contribution in [0.2, 0.25) is 0 Å². The second kappa shape index (κ2) is 19.6. The highest BCUT2D eigenvalue weighted by Crippen LogP contribution is 2.44. The van der Waals surface area contributed by atoms with Gasteiger partial charge in [-0.3, -0.25) is 0 Å². The van der Waals surface area contributed by atoms with E-state index in [9.17, 15) is 0 Å². The van der Waals surface area contributed by atoms with Gasteiger partial charge in [0.15, 0.2) is 0 Å². The van der Waals surface area contributed by atoms with Crippen molar-refractivity contribution in [3.63, 3.8) is 0 Å². The largest absolute Gasteiger partial charge is 0.355 e. The number of anilines is 4. The Bertz CT molecular complexity index is 2110. The minimum Gasteiger partial charge on any atom is -0.355 e. The molecule has 6 aromatic carbocycles. The molecule has 0 saturated carbocycles. The third kappa shape index (κ3) is 11.1. The van der Waals surface area contributed by atoms with Crippen molar-refractivity contribution in [3.8, 4) is 33.4 Å². The van der Waals surface area contributed by atoms with E-state index in [0.717, 1.165) is 29.9 Å². The molecule has 0 saturated heterocycles. The first-order valence-electron chi connectivity index (χ1n) is 22.1. The van der Waals surface area contributed by atoms with Gasteiger partial charge in [-0.1, -0.05) is 185 Å². The third-order valence-electron chi connectivity index (χ3n) is 11.5. The number of aryl methyl sites for hydroxylation is 2. The second-order valence-corrected chi connectivity index (χ2v) is 18.4. The van der Waals surface area contributed by atoms with Crippen LogP contribution in [-0.2, 0) is 23.7 Å².